The predicted octanol–water partition coefficient (Wildman–Crippen LogP) is 2.29. The molecule has 0 atom stereocenters. The number of nitrogens with one attached hydrogen (secondary N) is 1. The fourth-order valence-corrected chi connectivity index (χ4v) is 3.65. The largest absolute Gasteiger partial charge is 0.480 e. The Labute approximate surface area is 154 Å². The fraction of sp³-hybridized carbons (Fsp3) is 0.278. The van der Waals surface area contributed by atoms with Crippen LogP contribution in [0.4, 0.5) is 0 Å². The number of ether oxygens (including phenoxy) is 1. The number of amides is 1. The average molecular weight is 373 g/mol. The number of aryl methyl sites for hydroxylation is 1. The molecule has 0 aliphatic heterocycles. The van der Waals surface area contributed by atoms with Gasteiger partial charge in [-0.25, -0.2) is 4.79 Å². The molecule has 8 heteroatoms. The van der Waals surface area contributed by atoms with E-state index in [2.05, 4.69) is 10.4 Å². The first-order chi connectivity index (χ1) is 12.5. The van der Waals surface area contributed by atoms with Crippen LogP contribution < -0.4 is 5.32 Å². The van der Waals surface area contributed by atoms with E-state index in [0.717, 1.165) is 21.5 Å². The second kappa shape index (κ2) is 8.11. The molecule has 0 spiro atoms. The molecule has 3 aromatic rings. The number of carbonyl (C=O) groups is 2. The normalized spacial score (nSPS) is 11.0. The van der Waals surface area contributed by atoms with Gasteiger partial charge in [-0.15, -0.1) is 11.3 Å². The Balaban J connectivity index is 1.68. The van der Waals surface area contributed by atoms with Crippen molar-refractivity contribution in [2.75, 3.05) is 19.8 Å². The number of thiophene rings is 1. The third-order valence-electron chi connectivity index (χ3n) is 3.76. The third-order valence-corrected chi connectivity index (χ3v) is 4.91. The second-order valence-corrected chi connectivity index (χ2v) is 6.79. The minimum atomic E-state index is -1.03. The summed E-state index contributed by atoms with van der Waals surface area (Å²) in [5.74, 6) is -1.23. The standard InChI is InChI=1S/C18H19N3O4S/c1-12-14-9-15(17(24)19-7-8-25-11-16(22)23)26-18(14)21(20-12)10-13-5-3-2-4-6-13/h2-6,9H,7-8,10-11H2,1H3,(H,19,24)(H,22,23). The molecule has 26 heavy (non-hydrogen) atoms. The summed E-state index contributed by atoms with van der Waals surface area (Å²) in [5, 5.41) is 16.8. The number of hydrogen-bond acceptors (Lipinski definition) is 5. The second-order valence-electron chi connectivity index (χ2n) is 5.76. The van der Waals surface area contributed by atoms with E-state index in [4.69, 9.17) is 9.84 Å². The summed E-state index contributed by atoms with van der Waals surface area (Å²) < 4.78 is 6.82. The zero-order chi connectivity index (χ0) is 18.5. The predicted molar refractivity (Wildman–Crippen MR) is 98.7 cm³/mol. The van der Waals surface area contributed by atoms with Gasteiger partial charge >= 0.3 is 5.97 Å². The highest BCUT2D eigenvalue weighted by molar-refractivity contribution is 7.20. The Bertz CT molecular complexity index is 917. The summed E-state index contributed by atoms with van der Waals surface area (Å²) in [7, 11) is 0. The van der Waals surface area contributed by atoms with Crippen molar-refractivity contribution in [1.29, 1.82) is 0 Å². The molecule has 0 radical (unpaired) electrons. The summed E-state index contributed by atoms with van der Waals surface area (Å²) >= 11 is 1.39. The minimum absolute atomic E-state index is 0.156. The van der Waals surface area contributed by atoms with Gasteiger partial charge in [0.1, 0.15) is 11.4 Å². The van der Waals surface area contributed by atoms with Crippen molar-refractivity contribution in [2.45, 2.75) is 13.5 Å². The van der Waals surface area contributed by atoms with Crippen molar-refractivity contribution in [2.24, 2.45) is 0 Å². The van der Waals surface area contributed by atoms with Gasteiger partial charge in [-0.3, -0.25) is 9.48 Å². The van der Waals surface area contributed by atoms with E-state index in [0.29, 0.717) is 11.4 Å². The van der Waals surface area contributed by atoms with Crippen molar-refractivity contribution in [3.63, 3.8) is 0 Å². The zero-order valence-corrected chi connectivity index (χ0v) is 15.1. The maximum atomic E-state index is 12.3. The van der Waals surface area contributed by atoms with Gasteiger partial charge in [-0.2, -0.15) is 5.10 Å². The number of carboxylic acid groups (broad SMARTS) is 1. The Morgan fingerprint density at radius 1 is 1.31 bits per heavy atom. The highest BCUT2D eigenvalue weighted by Crippen LogP contribution is 2.28. The van der Waals surface area contributed by atoms with Crippen LogP contribution in [-0.2, 0) is 16.1 Å². The van der Waals surface area contributed by atoms with Gasteiger partial charge in [0, 0.05) is 11.9 Å². The lowest BCUT2D eigenvalue weighted by Crippen LogP contribution is -2.27. The maximum absolute atomic E-state index is 12.3. The lowest BCUT2D eigenvalue weighted by Gasteiger charge is -2.04. The van der Waals surface area contributed by atoms with Crippen LogP contribution in [0.5, 0.6) is 0 Å². The van der Waals surface area contributed by atoms with Crippen LogP contribution in [0, 0.1) is 6.92 Å². The van der Waals surface area contributed by atoms with Gasteiger partial charge in [-0.05, 0) is 18.6 Å². The average Bonchev–Trinajstić information content (AvgIpc) is 3.17. The highest BCUT2D eigenvalue weighted by atomic mass is 32.1. The number of benzene rings is 1. The zero-order valence-electron chi connectivity index (χ0n) is 14.3. The molecule has 1 aromatic carbocycles. The summed E-state index contributed by atoms with van der Waals surface area (Å²) in [6.45, 7) is 2.63. The molecule has 2 N–H and O–H groups in total. The molecule has 0 aliphatic rings. The molecule has 0 aliphatic carbocycles. The maximum Gasteiger partial charge on any atom is 0.329 e. The molecule has 3 rings (SSSR count). The van der Waals surface area contributed by atoms with E-state index < -0.39 is 5.97 Å². The number of aliphatic carboxylic acids is 1. The highest BCUT2D eigenvalue weighted by Gasteiger charge is 2.16. The molecule has 0 bridgehead atoms. The summed E-state index contributed by atoms with van der Waals surface area (Å²) in [6, 6.07) is 11.9. The van der Waals surface area contributed by atoms with Gasteiger partial charge < -0.3 is 15.2 Å². The number of carboxylic acids is 1. The number of hydrogen-bond donors (Lipinski definition) is 2. The number of carbonyl (C=O) groups excluding carboxylic acids is 1. The van der Waals surface area contributed by atoms with Crippen LogP contribution >= 0.6 is 11.3 Å². The van der Waals surface area contributed by atoms with E-state index in [1.54, 1.807) is 0 Å². The quantitative estimate of drug-likeness (QED) is 0.591. The molecule has 0 fully saturated rings. The van der Waals surface area contributed by atoms with E-state index in [1.807, 2.05) is 48.0 Å². The number of rotatable bonds is 8. The van der Waals surface area contributed by atoms with Crippen molar-refractivity contribution >= 4 is 33.4 Å². The first-order valence-corrected chi connectivity index (χ1v) is 8.95. The van der Waals surface area contributed by atoms with E-state index in [1.165, 1.54) is 11.3 Å². The number of fused-ring (bicyclic) bond motifs is 1. The van der Waals surface area contributed by atoms with E-state index >= 15 is 0 Å². The molecule has 2 heterocycles. The van der Waals surface area contributed by atoms with Gasteiger partial charge in [0.05, 0.1) is 23.7 Å². The third kappa shape index (κ3) is 4.27. The van der Waals surface area contributed by atoms with Crippen LogP contribution in [-0.4, -0.2) is 46.5 Å². The van der Waals surface area contributed by atoms with Crippen LogP contribution in [0.25, 0.3) is 10.2 Å². The Morgan fingerprint density at radius 2 is 2.08 bits per heavy atom. The first-order valence-electron chi connectivity index (χ1n) is 8.13. The minimum Gasteiger partial charge on any atom is -0.480 e. The first kappa shape index (κ1) is 18.1. The van der Waals surface area contributed by atoms with Crippen LogP contribution in [0.1, 0.15) is 20.9 Å². The molecule has 7 nitrogen and oxygen atoms in total. The molecule has 0 saturated heterocycles. The lowest BCUT2D eigenvalue weighted by molar-refractivity contribution is -0.142. The van der Waals surface area contributed by atoms with Crippen LogP contribution in [0.3, 0.4) is 0 Å². The monoisotopic (exact) mass is 373 g/mol. The Morgan fingerprint density at radius 3 is 2.81 bits per heavy atom. The molecule has 136 valence electrons. The van der Waals surface area contributed by atoms with Gasteiger partial charge in [0.2, 0.25) is 0 Å². The summed E-state index contributed by atoms with van der Waals surface area (Å²) in [5.41, 5.74) is 2.03. The molecule has 0 unspecified atom stereocenters. The summed E-state index contributed by atoms with van der Waals surface area (Å²) in [4.78, 5) is 24.2. The van der Waals surface area contributed by atoms with E-state index in [-0.39, 0.29) is 25.7 Å². The van der Waals surface area contributed by atoms with Crippen LogP contribution in [0.15, 0.2) is 36.4 Å². The van der Waals surface area contributed by atoms with Gasteiger partial charge in [0.15, 0.2) is 0 Å². The Hall–Kier alpha value is -2.71. The van der Waals surface area contributed by atoms with Crippen molar-refractivity contribution < 1.29 is 19.4 Å². The van der Waals surface area contributed by atoms with Crippen LogP contribution in [0.2, 0.25) is 0 Å². The van der Waals surface area contributed by atoms with Gasteiger partial charge in [-0.1, -0.05) is 30.3 Å². The lowest BCUT2D eigenvalue weighted by atomic mass is 10.2. The van der Waals surface area contributed by atoms with Crippen molar-refractivity contribution in [1.82, 2.24) is 15.1 Å². The topological polar surface area (TPSA) is 93.5 Å². The fourth-order valence-electron chi connectivity index (χ4n) is 2.57. The Kier molecular flexibility index (Phi) is 5.65. The molecular formula is C18H19N3O4S. The number of nitrogens with zero attached hydrogens (tertiary/aromatic N) is 2. The molecule has 2 aromatic heterocycles. The van der Waals surface area contributed by atoms with Crippen molar-refractivity contribution in [3.05, 3.63) is 52.5 Å². The van der Waals surface area contributed by atoms with Crippen molar-refractivity contribution in [3.8, 4) is 0 Å². The van der Waals surface area contributed by atoms with Gasteiger partial charge in [0.25, 0.3) is 5.91 Å². The molecular weight excluding hydrogens is 354 g/mol. The smallest absolute Gasteiger partial charge is 0.329 e. The molecule has 1 amide bonds. The SMILES string of the molecule is Cc1nn(Cc2ccccc2)c2sc(C(=O)NCCOCC(=O)O)cc12. The van der Waals surface area contributed by atoms with E-state index in [9.17, 15) is 9.59 Å². The molecule has 0 saturated carbocycles. The number of aromatic nitrogens is 2. The summed E-state index contributed by atoms with van der Waals surface area (Å²) in [6.07, 6.45) is 0.